The number of hydrogen-bond donors (Lipinski definition) is 1. The van der Waals surface area contributed by atoms with Gasteiger partial charge in [-0.25, -0.2) is 0 Å². The van der Waals surface area contributed by atoms with Crippen molar-refractivity contribution in [2.75, 3.05) is 0 Å². The highest BCUT2D eigenvalue weighted by Gasteiger charge is 2.42. The van der Waals surface area contributed by atoms with Crippen LogP contribution in [0.25, 0.3) is 0 Å². The molecule has 0 aromatic heterocycles. The first kappa shape index (κ1) is 10.9. The number of amides is 1. The van der Waals surface area contributed by atoms with Crippen LogP contribution in [-0.4, -0.2) is 29.1 Å². The third-order valence-electron chi connectivity index (χ3n) is 3.87. The summed E-state index contributed by atoms with van der Waals surface area (Å²) in [6.45, 7) is 8.65. The Bertz CT molecular complexity index is 275. The Morgan fingerprint density at radius 1 is 1.40 bits per heavy atom. The highest BCUT2D eigenvalue weighted by molar-refractivity contribution is 5.84. The number of carbonyl (C=O) groups is 1. The van der Waals surface area contributed by atoms with Gasteiger partial charge in [-0.15, -0.1) is 0 Å². The lowest BCUT2D eigenvalue weighted by molar-refractivity contribution is -0.131. The van der Waals surface area contributed by atoms with E-state index in [1.807, 2.05) is 6.92 Å². The van der Waals surface area contributed by atoms with Crippen molar-refractivity contribution in [3.63, 3.8) is 0 Å². The molecule has 2 fully saturated rings. The fourth-order valence-electron chi connectivity index (χ4n) is 3.06. The van der Waals surface area contributed by atoms with Crippen LogP contribution in [0.5, 0.6) is 0 Å². The summed E-state index contributed by atoms with van der Waals surface area (Å²) in [4.78, 5) is 14.0. The first-order valence-electron chi connectivity index (χ1n) is 5.99. The predicted octanol–water partition coefficient (Wildman–Crippen LogP) is 1.73. The van der Waals surface area contributed by atoms with E-state index in [2.05, 4.69) is 31.0 Å². The highest BCUT2D eigenvalue weighted by atomic mass is 16.2. The lowest BCUT2D eigenvalue weighted by atomic mass is 9.91. The summed E-state index contributed by atoms with van der Waals surface area (Å²) in [5.41, 5.74) is 0.413. The molecule has 0 radical (unpaired) electrons. The molecule has 3 unspecified atom stereocenters. The van der Waals surface area contributed by atoms with Crippen LogP contribution in [0.2, 0.25) is 0 Å². The zero-order chi connectivity index (χ0) is 11.2. The van der Waals surface area contributed by atoms with Gasteiger partial charge in [0.25, 0.3) is 0 Å². The highest BCUT2D eigenvalue weighted by Crippen LogP contribution is 2.40. The monoisotopic (exact) mass is 210 g/mol. The molecule has 0 spiro atoms. The van der Waals surface area contributed by atoms with E-state index in [4.69, 9.17) is 0 Å². The van der Waals surface area contributed by atoms with Crippen molar-refractivity contribution in [2.24, 2.45) is 5.41 Å². The Morgan fingerprint density at radius 3 is 2.47 bits per heavy atom. The molecule has 1 saturated heterocycles. The van der Waals surface area contributed by atoms with E-state index in [0.29, 0.717) is 11.5 Å². The number of nitrogens with one attached hydrogen (secondary N) is 1. The maximum Gasteiger partial charge on any atom is 0.240 e. The molecule has 15 heavy (non-hydrogen) atoms. The topological polar surface area (TPSA) is 32.3 Å². The Balaban J connectivity index is 2.09. The zero-order valence-electron chi connectivity index (χ0n) is 10.2. The van der Waals surface area contributed by atoms with Gasteiger partial charge < -0.3 is 4.90 Å². The third-order valence-corrected chi connectivity index (χ3v) is 3.87. The molecule has 0 aromatic rings. The van der Waals surface area contributed by atoms with E-state index < -0.39 is 0 Å². The molecule has 1 aliphatic heterocycles. The minimum Gasteiger partial charge on any atom is -0.323 e. The second-order valence-corrected chi connectivity index (χ2v) is 5.87. The van der Waals surface area contributed by atoms with Crippen LogP contribution in [0.1, 0.15) is 47.0 Å². The third kappa shape index (κ3) is 1.89. The van der Waals surface area contributed by atoms with E-state index in [9.17, 15) is 4.79 Å². The molecule has 3 nitrogen and oxygen atoms in total. The molecule has 1 N–H and O–H groups in total. The Hall–Kier alpha value is -0.570. The largest absolute Gasteiger partial charge is 0.323 e. The molecule has 0 aromatic carbocycles. The van der Waals surface area contributed by atoms with Gasteiger partial charge in [-0.2, -0.15) is 0 Å². The van der Waals surface area contributed by atoms with Crippen molar-refractivity contribution in [1.29, 1.82) is 0 Å². The van der Waals surface area contributed by atoms with E-state index in [-0.39, 0.29) is 18.1 Å². The Morgan fingerprint density at radius 2 is 2.07 bits per heavy atom. The van der Waals surface area contributed by atoms with Gasteiger partial charge in [-0.1, -0.05) is 13.8 Å². The van der Waals surface area contributed by atoms with E-state index in [1.54, 1.807) is 0 Å². The minimum absolute atomic E-state index is 0.00344. The van der Waals surface area contributed by atoms with E-state index in [0.717, 1.165) is 12.8 Å². The summed E-state index contributed by atoms with van der Waals surface area (Å²) in [6, 6.07) is 0.462. The van der Waals surface area contributed by atoms with Crippen molar-refractivity contribution in [2.45, 2.75) is 65.2 Å². The predicted molar refractivity (Wildman–Crippen MR) is 60.3 cm³/mol. The van der Waals surface area contributed by atoms with Crippen LogP contribution in [0.15, 0.2) is 0 Å². The molecule has 2 rings (SSSR count). The Kier molecular flexibility index (Phi) is 2.53. The SMILES string of the molecule is CC1NC(C)N(C2CCC(C)(C)C2)C1=O. The molecular weight excluding hydrogens is 188 g/mol. The summed E-state index contributed by atoms with van der Waals surface area (Å²) in [7, 11) is 0. The van der Waals surface area contributed by atoms with Crippen LogP contribution in [0, 0.1) is 5.41 Å². The molecule has 1 amide bonds. The van der Waals surface area contributed by atoms with E-state index in [1.165, 1.54) is 6.42 Å². The first-order valence-corrected chi connectivity index (χ1v) is 5.99. The summed E-state index contributed by atoms with van der Waals surface area (Å²) >= 11 is 0. The number of carbonyl (C=O) groups excluding carboxylic acids is 1. The molecule has 0 bridgehead atoms. The van der Waals surface area contributed by atoms with E-state index >= 15 is 0 Å². The van der Waals surface area contributed by atoms with Crippen molar-refractivity contribution in [3.05, 3.63) is 0 Å². The number of nitrogens with zero attached hydrogens (tertiary/aromatic N) is 1. The average molecular weight is 210 g/mol. The molecule has 3 atom stereocenters. The summed E-state index contributed by atoms with van der Waals surface area (Å²) in [5, 5.41) is 3.30. The van der Waals surface area contributed by atoms with Crippen molar-refractivity contribution < 1.29 is 4.79 Å². The molecule has 86 valence electrons. The zero-order valence-corrected chi connectivity index (χ0v) is 10.2. The quantitative estimate of drug-likeness (QED) is 0.715. The van der Waals surface area contributed by atoms with Crippen LogP contribution in [-0.2, 0) is 4.79 Å². The van der Waals surface area contributed by atoms with Crippen molar-refractivity contribution in [3.8, 4) is 0 Å². The summed E-state index contributed by atoms with van der Waals surface area (Å²) in [5.74, 6) is 0.283. The standard InChI is InChI=1S/C12H22N2O/c1-8-11(15)14(9(2)13-8)10-5-6-12(3,4)7-10/h8-10,13H,5-7H2,1-4H3. The average Bonchev–Trinajstić information content (AvgIpc) is 2.56. The Labute approximate surface area is 92.2 Å². The molecule has 1 saturated carbocycles. The molecule has 2 aliphatic rings. The van der Waals surface area contributed by atoms with Crippen LogP contribution >= 0.6 is 0 Å². The maximum absolute atomic E-state index is 12.0. The molecule has 3 heteroatoms. The smallest absolute Gasteiger partial charge is 0.240 e. The fraction of sp³-hybridized carbons (Fsp3) is 0.917. The van der Waals surface area contributed by atoms with Crippen LogP contribution < -0.4 is 5.32 Å². The van der Waals surface area contributed by atoms with Crippen LogP contribution in [0.4, 0.5) is 0 Å². The van der Waals surface area contributed by atoms with Gasteiger partial charge in [-0.3, -0.25) is 10.1 Å². The lowest BCUT2D eigenvalue weighted by Gasteiger charge is -2.29. The van der Waals surface area contributed by atoms with Gasteiger partial charge in [0.15, 0.2) is 0 Å². The maximum atomic E-state index is 12.0. The van der Waals surface area contributed by atoms with Gasteiger partial charge >= 0.3 is 0 Å². The second kappa shape index (κ2) is 3.48. The minimum atomic E-state index is 0.00344. The molecular formula is C12H22N2O. The summed E-state index contributed by atoms with van der Waals surface area (Å²) in [6.07, 6.45) is 3.77. The van der Waals surface area contributed by atoms with Crippen LogP contribution in [0.3, 0.4) is 0 Å². The number of hydrogen-bond acceptors (Lipinski definition) is 2. The van der Waals surface area contributed by atoms with Gasteiger partial charge in [0.2, 0.25) is 5.91 Å². The molecule has 1 heterocycles. The van der Waals surface area contributed by atoms with Gasteiger partial charge in [0.05, 0.1) is 12.2 Å². The normalized spacial score (nSPS) is 40.1. The van der Waals surface area contributed by atoms with Gasteiger partial charge in [-0.05, 0) is 38.5 Å². The van der Waals surface area contributed by atoms with Crippen molar-refractivity contribution >= 4 is 5.91 Å². The van der Waals surface area contributed by atoms with Gasteiger partial charge in [0, 0.05) is 6.04 Å². The van der Waals surface area contributed by atoms with Gasteiger partial charge in [0.1, 0.15) is 0 Å². The second-order valence-electron chi connectivity index (χ2n) is 5.87. The number of rotatable bonds is 1. The summed E-state index contributed by atoms with van der Waals surface area (Å²) < 4.78 is 0. The fourth-order valence-corrected chi connectivity index (χ4v) is 3.06. The lowest BCUT2D eigenvalue weighted by Crippen LogP contribution is -2.42. The van der Waals surface area contributed by atoms with Crippen molar-refractivity contribution in [1.82, 2.24) is 10.2 Å². The first-order chi connectivity index (χ1) is 6.91. The molecule has 1 aliphatic carbocycles.